The molecule has 25 heavy (non-hydrogen) atoms. The second-order valence-corrected chi connectivity index (χ2v) is 6.92. The van der Waals surface area contributed by atoms with Crippen LogP contribution in [0.2, 0.25) is 0 Å². The Balaban J connectivity index is 1.56. The molecule has 0 fully saturated rings. The second-order valence-electron chi connectivity index (χ2n) is 5.89. The molecule has 1 N–H and O–H groups in total. The third-order valence-electron chi connectivity index (χ3n) is 3.97. The highest BCUT2D eigenvalue weighted by atomic mass is 32.1. The van der Waals surface area contributed by atoms with Gasteiger partial charge < -0.3 is 5.32 Å². The molecule has 4 heteroatoms. The van der Waals surface area contributed by atoms with Gasteiger partial charge in [-0.1, -0.05) is 24.3 Å². The van der Waals surface area contributed by atoms with Crippen molar-refractivity contribution in [2.75, 3.05) is 5.32 Å². The lowest BCUT2D eigenvalue weighted by Gasteiger charge is -2.05. The van der Waals surface area contributed by atoms with Gasteiger partial charge in [-0.25, -0.2) is 4.98 Å². The molecular weight excluding hydrogens is 328 g/mol. The zero-order valence-corrected chi connectivity index (χ0v) is 14.5. The van der Waals surface area contributed by atoms with E-state index in [0.717, 1.165) is 21.8 Å². The van der Waals surface area contributed by atoms with Gasteiger partial charge in [0.1, 0.15) is 5.01 Å². The van der Waals surface area contributed by atoms with Crippen LogP contribution in [0.3, 0.4) is 0 Å². The summed E-state index contributed by atoms with van der Waals surface area (Å²) in [5.41, 5.74) is 4.73. The summed E-state index contributed by atoms with van der Waals surface area (Å²) in [6.07, 6.45) is 0. The normalized spacial score (nSPS) is 10.8. The molecule has 3 aromatic carbocycles. The maximum atomic E-state index is 12.2. The molecule has 0 radical (unpaired) electrons. The van der Waals surface area contributed by atoms with Gasteiger partial charge in [-0.3, -0.25) is 4.79 Å². The van der Waals surface area contributed by atoms with Crippen molar-refractivity contribution >= 4 is 33.1 Å². The van der Waals surface area contributed by atoms with Crippen LogP contribution in [0, 0.1) is 6.92 Å². The number of benzene rings is 3. The Hall–Kier alpha value is -2.98. The van der Waals surface area contributed by atoms with Gasteiger partial charge in [-0.15, -0.1) is 11.3 Å². The number of hydrogen-bond acceptors (Lipinski definition) is 3. The molecule has 4 aromatic rings. The van der Waals surface area contributed by atoms with Gasteiger partial charge in [0.2, 0.25) is 0 Å². The Morgan fingerprint density at radius 3 is 2.48 bits per heavy atom. The lowest BCUT2D eigenvalue weighted by Crippen LogP contribution is -2.11. The summed E-state index contributed by atoms with van der Waals surface area (Å²) < 4.78 is 1.19. The van der Waals surface area contributed by atoms with Crippen molar-refractivity contribution in [2.45, 2.75) is 6.92 Å². The summed E-state index contributed by atoms with van der Waals surface area (Å²) in [7, 11) is 0. The number of thiazole rings is 1. The van der Waals surface area contributed by atoms with Crippen molar-refractivity contribution in [3.63, 3.8) is 0 Å². The molecule has 3 nitrogen and oxygen atoms in total. The van der Waals surface area contributed by atoms with Crippen LogP contribution in [0.1, 0.15) is 15.9 Å². The molecule has 122 valence electrons. The first kappa shape index (κ1) is 15.5. The van der Waals surface area contributed by atoms with Crippen molar-refractivity contribution in [1.82, 2.24) is 4.98 Å². The maximum absolute atomic E-state index is 12.2. The van der Waals surface area contributed by atoms with Crippen LogP contribution in [0.15, 0.2) is 72.8 Å². The van der Waals surface area contributed by atoms with E-state index in [-0.39, 0.29) is 5.91 Å². The van der Waals surface area contributed by atoms with Crippen molar-refractivity contribution in [1.29, 1.82) is 0 Å². The number of aromatic nitrogens is 1. The Morgan fingerprint density at radius 2 is 1.72 bits per heavy atom. The standard InChI is InChI=1S/C21H16N2OS/c1-14-7-12-18-19(13-14)25-21(23-18)16-8-10-17(11-9-16)22-20(24)15-5-3-2-4-6-15/h2-13H,1H3,(H,22,24). The maximum Gasteiger partial charge on any atom is 0.255 e. The lowest BCUT2D eigenvalue weighted by molar-refractivity contribution is 0.102. The average molecular weight is 344 g/mol. The smallest absolute Gasteiger partial charge is 0.255 e. The third-order valence-corrected chi connectivity index (χ3v) is 5.04. The first-order valence-electron chi connectivity index (χ1n) is 8.03. The largest absolute Gasteiger partial charge is 0.322 e. The summed E-state index contributed by atoms with van der Waals surface area (Å²) in [5, 5.41) is 3.90. The molecule has 0 saturated heterocycles. The third kappa shape index (κ3) is 3.30. The second kappa shape index (κ2) is 6.49. The van der Waals surface area contributed by atoms with Crippen LogP contribution in [0.4, 0.5) is 5.69 Å². The molecule has 0 spiro atoms. The number of hydrogen-bond donors (Lipinski definition) is 1. The number of anilines is 1. The average Bonchev–Trinajstić information content (AvgIpc) is 3.06. The van der Waals surface area contributed by atoms with Gasteiger partial charge >= 0.3 is 0 Å². The van der Waals surface area contributed by atoms with Gasteiger partial charge in [0.25, 0.3) is 5.91 Å². The van der Waals surface area contributed by atoms with Gasteiger partial charge in [-0.2, -0.15) is 0 Å². The van der Waals surface area contributed by atoms with E-state index in [2.05, 4.69) is 30.4 Å². The van der Waals surface area contributed by atoms with Crippen molar-refractivity contribution in [3.8, 4) is 10.6 Å². The fraction of sp³-hybridized carbons (Fsp3) is 0.0476. The van der Waals surface area contributed by atoms with Crippen molar-refractivity contribution < 1.29 is 4.79 Å². The Labute approximate surface area is 150 Å². The minimum Gasteiger partial charge on any atom is -0.322 e. The summed E-state index contributed by atoms with van der Waals surface area (Å²) in [6, 6.07) is 23.3. The van der Waals surface area contributed by atoms with Crippen LogP contribution >= 0.6 is 11.3 Å². The SMILES string of the molecule is Cc1ccc2nc(-c3ccc(NC(=O)c4ccccc4)cc3)sc2c1. The molecule has 0 atom stereocenters. The van der Waals surface area contributed by atoms with E-state index in [4.69, 9.17) is 4.98 Å². The molecular formula is C21H16N2OS. The molecule has 0 unspecified atom stereocenters. The number of carbonyl (C=O) groups excluding carboxylic acids is 1. The quantitative estimate of drug-likeness (QED) is 0.531. The van der Waals surface area contributed by atoms with Crippen LogP contribution in [0.5, 0.6) is 0 Å². The highest BCUT2D eigenvalue weighted by Gasteiger charge is 2.08. The molecule has 4 rings (SSSR count). The first-order chi connectivity index (χ1) is 12.2. The topological polar surface area (TPSA) is 42.0 Å². The lowest BCUT2D eigenvalue weighted by atomic mass is 10.2. The Morgan fingerprint density at radius 1 is 0.960 bits per heavy atom. The molecule has 1 aromatic heterocycles. The molecule has 1 amide bonds. The fourth-order valence-electron chi connectivity index (χ4n) is 2.64. The zero-order chi connectivity index (χ0) is 17.2. The highest BCUT2D eigenvalue weighted by Crippen LogP contribution is 2.31. The van der Waals surface area contributed by atoms with E-state index in [1.54, 1.807) is 23.5 Å². The Kier molecular flexibility index (Phi) is 4.04. The minimum absolute atomic E-state index is 0.108. The monoisotopic (exact) mass is 344 g/mol. The zero-order valence-electron chi connectivity index (χ0n) is 13.7. The molecule has 0 aliphatic heterocycles. The molecule has 0 aliphatic carbocycles. The molecule has 0 saturated carbocycles. The Bertz CT molecular complexity index is 1040. The van der Waals surface area contributed by atoms with Crippen LogP contribution < -0.4 is 5.32 Å². The number of amides is 1. The number of rotatable bonds is 3. The van der Waals surface area contributed by atoms with Crippen LogP contribution in [-0.2, 0) is 0 Å². The van der Waals surface area contributed by atoms with Gasteiger partial charge in [0, 0.05) is 16.8 Å². The summed E-state index contributed by atoms with van der Waals surface area (Å²) in [5.74, 6) is -0.108. The van der Waals surface area contributed by atoms with E-state index in [1.165, 1.54) is 10.3 Å². The fourth-order valence-corrected chi connectivity index (χ4v) is 3.71. The molecule has 0 bridgehead atoms. The number of aryl methyl sites for hydroxylation is 1. The van der Waals surface area contributed by atoms with Crippen LogP contribution in [-0.4, -0.2) is 10.9 Å². The summed E-state index contributed by atoms with van der Waals surface area (Å²) in [6.45, 7) is 2.09. The van der Waals surface area contributed by atoms with Gasteiger partial charge in [0.05, 0.1) is 10.2 Å². The van der Waals surface area contributed by atoms with Gasteiger partial charge in [0.15, 0.2) is 0 Å². The van der Waals surface area contributed by atoms with Crippen molar-refractivity contribution in [3.05, 3.63) is 83.9 Å². The predicted octanol–water partition coefficient (Wildman–Crippen LogP) is 5.52. The van der Waals surface area contributed by atoms with E-state index < -0.39 is 0 Å². The van der Waals surface area contributed by atoms with E-state index >= 15 is 0 Å². The minimum atomic E-state index is -0.108. The number of nitrogens with one attached hydrogen (secondary N) is 1. The van der Waals surface area contributed by atoms with E-state index in [1.807, 2.05) is 42.5 Å². The number of carbonyl (C=O) groups is 1. The van der Waals surface area contributed by atoms with E-state index in [0.29, 0.717) is 5.56 Å². The van der Waals surface area contributed by atoms with Crippen LogP contribution in [0.25, 0.3) is 20.8 Å². The summed E-state index contributed by atoms with van der Waals surface area (Å²) >= 11 is 1.68. The van der Waals surface area contributed by atoms with Crippen molar-refractivity contribution in [2.24, 2.45) is 0 Å². The first-order valence-corrected chi connectivity index (χ1v) is 8.85. The van der Waals surface area contributed by atoms with E-state index in [9.17, 15) is 4.79 Å². The number of fused-ring (bicyclic) bond motifs is 1. The predicted molar refractivity (Wildman–Crippen MR) is 104 cm³/mol. The summed E-state index contributed by atoms with van der Waals surface area (Å²) in [4.78, 5) is 16.9. The number of nitrogens with zero attached hydrogens (tertiary/aromatic N) is 1. The van der Waals surface area contributed by atoms with Gasteiger partial charge in [-0.05, 0) is 61.0 Å². The molecule has 1 heterocycles. The molecule has 0 aliphatic rings. The highest BCUT2D eigenvalue weighted by molar-refractivity contribution is 7.21.